The number of carbonyl (C=O) groups is 1. The Morgan fingerprint density at radius 1 is 1.06 bits per heavy atom. The molecule has 0 aliphatic heterocycles. The van der Waals surface area contributed by atoms with E-state index in [4.69, 9.17) is 11.6 Å². The van der Waals surface area contributed by atoms with Gasteiger partial charge in [0.2, 0.25) is 0 Å². The van der Waals surface area contributed by atoms with E-state index in [0.717, 1.165) is 0 Å². The maximum atomic E-state index is 11.2. The summed E-state index contributed by atoms with van der Waals surface area (Å²) in [6.45, 7) is 0. The molecule has 0 saturated carbocycles. The summed E-state index contributed by atoms with van der Waals surface area (Å²) in [7, 11) is 0. The quantitative estimate of drug-likeness (QED) is 0.481. The maximum Gasteiger partial charge on any atom is 0.289 e. The summed E-state index contributed by atoms with van der Waals surface area (Å²) in [6, 6.07) is 13.4. The van der Waals surface area contributed by atoms with Crippen LogP contribution in [0, 0.1) is 10.1 Å². The highest BCUT2D eigenvalue weighted by atomic mass is 35.5. The van der Waals surface area contributed by atoms with Gasteiger partial charge in [-0.25, -0.2) is 0 Å². The molecule has 5 heteroatoms. The van der Waals surface area contributed by atoms with Crippen LogP contribution in [-0.4, -0.2) is 10.2 Å². The Kier molecular flexibility index (Phi) is 3.39. The Morgan fingerprint density at radius 3 is 2.28 bits per heavy atom. The Bertz CT molecular complexity index is 611. The van der Waals surface area contributed by atoms with Gasteiger partial charge in [0.25, 0.3) is 10.9 Å². The Labute approximate surface area is 108 Å². The minimum absolute atomic E-state index is 0.0944. The zero-order chi connectivity index (χ0) is 13.1. The van der Waals surface area contributed by atoms with Gasteiger partial charge in [-0.05, 0) is 29.3 Å². The number of hydrogen-bond acceptors (Lipinski definition) is 3. The van der Waals surface area contributed by atoms with Crippen LogP contribution in [0.5, 0.6) is 0 Å². The molecule has 18 heavy (non-hydrogen) atoms. The Balaban J connectivity index is 2.72. The number of benzene rings is 2. The first kappa shape index (κ1) is 12.3. The van der Waals surface area contributed by atoms with E-state index < -0.39 is 10.2 Å². The van der Waals surface area contributed by atoms with E-state index in [0.29, 0.717) is 11.1 Å². The lowest BCUT2D eigenvalue weighted by molar-refractivity contribution is -0.384. The van der Waals surface area contributed by atoms with Crippen LogP contribution in [0.1, 0.15) is 10.4 Å². The second-order valence-corrected chi connectivity index (χ2v) is 3.94. The van der Waals surface area contributed by atoms with Crippen LogP contribution in [0.4, 0.5) is 5.69 Å². The first-order chi connectivity index (χ1) is 8.61. The van der Waals surface area contributed by atoms with Crippen molar-refractivity contribution >= 4 is 22.5 Å². The predicted molar refractivity (Wildman–Crippen MR) is 68.7 cm³/mol. The molecule has 0 amide bonds. The molecule has 2 aromatic carbocycles. The molecule has 0 radical (unpaired) electrons. The van der Waals surface area contributed by atoms with Crippen molar-refractivity contribution in [3.63, 3.8) is 0 Å². The van der Waals surface area contributed by atoms with Crippen molar-refractivity contribution in [2.75, 3.05) is 0 Å². The Morgan fingerprint density at radius 2 is 1.72 bits per heavy atom. The number of nitrogens with zero attached hydrogens (tertiary/aromatic N) is 1. The Hall–Kier alpha value is -2.20. The lowest BCUT2D eigenvalue weighted by Gasteiger charge is -2.05. The van der Waals surface area contributed by atoms with Crippen LogP contribution in [0.15, 0.2) is 48.5 Å². The van der Waals surface area contributed by atoms with Gasteiger partial charge in [0.1, 0.15) is 5.56 Å². The van der Waals surface area contributed by atoms with Crippen molar-refractivity contribution in [1.29, 1.82) is 0 Å². The average molecular weight is 262 g/mol. The molecule has 4 nitrogen and oxygen atoms in total. The monoisotopic (exact) mass is 261 g/mol. The molecule has 2 aromatic rings. The van der Waals surface area contributed by atoms with E-state index in [9.17, 15) is 14.9 Å². The number of nitro groups is 1. The van der Waals surface area contributed by atoms with Crippen molar-refractivity contribution in [3.8, 4) is 11.1 Å². The summed E-state index contributed by atoms with van der Waals surface area (Å²) in [6.07, 6.45) is 0. The third-order valence-electron chi connectivity index (χ3n) is 2.52. The van der Waals surface area contributed by atoms with Gasteiger partial charge in [0, 0.05) is 0 Å². The highest BCUT2D eigenvalue weighted by Crippen LogP contribution is 2.33. The molecule has 0 aliphatic rings. The normalized spacial score (nSPS) is 10.1. The zero-order valence-electron chi connectivity index (χ0n) is 9.17. The van der Waals surface area contributed by atoms with E-state index in [2.05, 4.69) is 0 Å². The molecule has 0 bridgehead atoms. The van der Waals surface area contributed by atoms with Crippen molar-refractivity contribution in [3.05, 3.63) is 64.2 Å². The van der Waals surface area contributed by atoms with Gasteiger partial charge in [-0.2, -0.15) is 0 Å². The first-order valence-corrected chi connectivity index (χ1v) is 5.51. The fourth-order valence-electron chi connectivity index (χ4n) is 1.75. The highest BCUT2D eigenvalue weighted by molar-refractivity contribution is 6.68. The fourth-order valence-corrected chi connectivity index (χ4v) is 1.90. The van der Waals surface area contributed by atoms with Gasteiger partial charge in [0.05, 0.1) is 10.5 Å². The molecular formula is C13H8ClNO3. The average Bonchev–Trinajstić information content (AvgIpc) is 2.38. The van der Waals surface area contributed by atoms with Gasteiger partial charge >= 0.3 is 0 Å². The summed E-state index contributed by atoms with van der Waals surface area (Å²) in [4.78, 5) is 21.7. The number of carbonyl (C=O) groups excluding carboxylic acids is 1. The molecule has 0 atom stereocenters. The largest absolute Gasteiger partial charge is 0.289 e. The fraction of sp³-hybridized carbons (Fsp3) is 0. The summed E-state index contributed by atoms with van der Waals surface area (Å²) in [5, 5.41) is 10.3. The smallest absolute Gasteiger partial charge is 0.275 e. The van der Waals surface area contributed by atoms with Gasteiger partial charge in [0.15, 0.2) is 0 Å². The topological polar surface area (TPSA) is 60.2 Å². The summed E-state index contributed by atoms with van der Waals surface area (Å²) >= 11 is 5.37. The van der Waals surface area contributed by atoms with E-state index in [-0.39, 0.29) is 11.3 Å². The molecule has 0 saturated heterocycles. The summed E-state index contributed by atoms with van der Waals surface area (Å²) in [5.74, 6) is 0. The molecule has 0 N–H and O–H groups in total. The van der Waals surface area contributed by atoms with Crippen molar-refractivity contribution in [1.82, 2.24) is 0 Å². The lowest BCUT2D eigenvalue weighted by atomic mass is 10.0. The number of rotatable bonds is 3. The lowest BCUT2D eigenvalue weighted by Crippen LogP contribution is -2.00. The van der Waals surface area contributed by atoms with Crippen LogP contribution in [0.25, 0.3) is 11.1 Å². The number of hydrogen-bond donors (Lipinski definition) is 0. The van der Waals surface area contributed by atoms with E-state index in [1.165, 1.54) is 6.07 Å². The van der Waals surface area contributed by atoms with E-state index in [1.54, 1.807) is 36.4 Å². The van der Waals surface area contributed by atoms with Gasteiger partial charge in [-0.15, -0.1) is 0 Å². The van der Waals surface area contributed by atoms with Crippen molar-refractivity contribution in [2.45, 2.75) is 0 Å². The third kappa shape index (κ3) is 2.24. The molecule has 90 valence electrons. The zero-order valence-corrected chi connectivity index (χ0v) is 9.92. The minimum Gasteiger partial charge on any atom is -0.275 e. The molecule has 0 aliphatic carbocycles. The number of para-hydroxylation sites is 1. The van der Waals surface area contributed by atoms with Crippen molar-refractivity contribution in [2.24, 2.45) is 0 Å². The second kappa shape index (κ2) is 4.98. The maximum absolute atomic E-state index is 11.2. The van der Waals surface area contributed by atoms with Crippen molar-refractivity contribution < 1.29 is 9.72 Å². The molecule has 0 unspecified atom stereocenters. The second-order valence-electron chi connectivity index (χ2n) is 3.60. The molecule has 0 aromatic heterocycles. The van der Waals surface area contributed by atoms with Crippen LogP contribution in [-0.2, 0) is 0 Å². The molecule has 0 spiro atoms. The van der Waals surface area contributed by atoms with Crippen LogP contribution in [0.3, 0.4) is 0 Å². The molecule has 0 fully saturated rings. The predicted octanol–water partition coefficient (Wildman–Crippen LogP) is 3.64. The van der Waals surface area contributed by atoms with E-state index >= 15 is 0 Å². The van der Waals surface area contributed by atoms with Gasteiger partial charge in [-0.3, -0.25) is 14.9 Å². The number of nitro benzene ring substituents is 1. The number of halogens is 1. The highest BCUT2D eigenvalue weighted by Gasteiger charge is 2.23. The minimum atomic E-state index is -0.834. The first-order valence-electron chi connectivity index (χ1n) is 5.14. The third-order valence-corrected chi connectivity index (χ3v) is 2.72. The standard InChI is InChI=1S/C13H8ClNO3/c14-13(16)11-8-4-7-10(12(11)15(17)18)9-5-2-1-3-6-9/h1-8H. The summed E-state index contributed by atoms with van der Waals surface area (Å²) in [5.41, 5.74) is 0.697. The van der Waals surface area contributed by atoms with Crippen LogP contribution in [0.2, 0.25) is 0 Å². The molecular weight excluding hydrogens is 254 g/mol. The summed E-state index contributed by atoms with van der Waals surface area (Å²) < 4.78 is 0. The molecule has 2 rings (SSSR count). The SMILES string of the molecule is O=C(Cl)c1cccc(-c2ccccc2)c1[N+](=O)[O-]. The van der Waals surface area contributed by atoms with Gasteiger partial charge in [-0.1, -0.05) is 36.4 Å². The van der Waals surface area contributed by atoms with E-state index in [1.807, 2.05) is 6.07 Å². The molecule has 0 heterocycles. The van der Waals surface area contributed by atoms with Crippen LogP contribution < -0.4 is 0 Å². The van der Waals surface area contributed by atoms with Gasteiger partial charge < -0.3 is 0 Å². The van der Waals surface area contributed by atoms with Crippen LogP contribution >= 0.6 is 11.6 Å².